The van der Waals surface area contributed by atoms with Crippen LogP contribution in [-0.4, -0.2) is 25.0 Å². The molecule has 0 bridgehead atoms. The molecule has 0 aliphatic heterocycles. The molecule has 2 aromatic carbocycles. The number of benzene rings is 2. The van der Waals surface area contributed by atoms with Crippen LogP contribution < -0.4 is 20.3 Å². The number of carbonyl (C=O) groups is 2. The van der Waals surface area contributed by atoms with Gasteiger partial charge in [0.25, 0.3) is 11.8 Å². The summed E-state index contributed by atoms with van der Waals surface area (Å²) in [6.07, 6.45) is 2.72. The number of halogens is 2. The molecule has 0 atom stereocenters. The van der Waals surface area contributed by atoms with Crippen LogP contribution >= 0.6 is 23.2 Å². The third-order valence-corrected chi connectivity index (χ3v) is 3.78. The number of carbonyl (C=O) groups excluding carboxylic acids is 2. The highest BCUT2D eigenvalue weighted by molar-refractivity contribution is 6.34. The fourth-order valence-corrected chi connectivity index (χ4v) is 2.37. The van der Waals surface area contributed by atoms with Crippen molar-refractivity contribution in [3.05, 3.63) is 64.1 Å². The molecule has 0 saturated heterocycles. The SMILES string of the molecule is CCOc1ccccc1OCC(=O)NNC(=O)/C=C/c1cc(Cl)ccc1Cl. The van der Waals surface area contributed by atoms with Gasteiger partial charge in [-0.1, -0.05) is 35.3 Å². The molecular formula is C19H18Cl2N2O4. The Morgan fingerprint density at radius 2 is 1.74 bits per heavy atom. The van der Waals surface area contributed by atoms with E-state index >= 15 is 0 Å². The average Bonchev–Trinajstić information content (AvgIpc) is 2.66. The van der Waals surface area contributed by atoms with E-state index in [-0.39, 0.29) is 6.61 Å². The van der Waals surface area contributed by atoms with Gasteiger partial charge in [-0.2, -0.15) is 0 Å². The van der Waals surface area contributed by atoms with Gasteiger partial charge in [0, 0.05) is 16.1 Å². The summed E-state index contributed by atoms with van der Waals surface area (Å²) in [6.45, 7) is 2.04. The molecule has 0 radical (unpaired) electrons. The van der Waals surface area contributed by atoms with Crippen LogP contribution in [0.15, 0.2) is 48.5 Å². The molecule has 0 heterocycles. The van der Waals surface area contributed by atoms with Crippen molar-refractivity contribution in [3.63, 3.8) is 0 Å². The molecule has 0 saturated carbocycles. The Balaban J connectivity index is 1.81. The molecule has 0 unspecified atom stereocenters. The zero-order valence-electron chi connectivity index (χ0n) is 14.5. The first-order chi connectivity index (χ1) is 13.0. The first-order valence-electron chi connectivity index (χ1n) is 8.06. The van der Waals surface area contributed by atoms with Crippen LogP contribution in [0.2, 0.25) is 10.0 Å². The number of amides is 2. The van der Waals surface area contributed by atoms with E-state index in [0.29, 0.717) is 33.7 Å². The third-order valence-electron chi connectivity index (χ3n) is 3.21. The lowest BCUT2D eigenvalue weighted by Gasteiger charge is -2.11. The minimum Gasteiger partial charge on any atom is -0.490 e. The predicted octanol–water partition coefficient (Wildman–Crippen LogP) is 3.63. The van der Waals surface area contributed by atoms with Crippen LogP contribution in [0.3, 0.4) is 0 Å². The van der Waals surface area contributed by atoms with Crippen LogP contribution in [0.25, 0.3) is 6.08 Å². The Morgan fingerprint density at radius 3 is 2.44 bits per heavy atom. The zero-order valence-corrected chi connectivity index (χ0v) is 16.0. The second-order valence-electron chi connectivity index (χ2n) is 5.21. The van der Waals surface area contributed by atoms with Gasteiger partial charge >= 0.3 is 0 Å². The highest BCUT2D eigenvalue weighted by Gasteiger charge is 2.08. The van der Waals surface area contributed by atoms with Gasteiger partial charge in [-0.05, 0) is 48.9 Å². The number of hydrogen-bond donors (Lipinski definition) is 2. The van der Waals surface area contributed by atoms with Gasteiger partial charge in [-0.3, -0.25) is 20.4 Å². The zero-order chi connectivity index (χ0) is 19.6. The van der Waals surface area contributed by atoms with Gasteiger partial charge < -0.3 is 9.47 Å². The van der Waals surface area contributed by atoms with Gasteiger partial charge in [0.1, 0.15) is 0 Å². The number of rotatable bonds is 7. The molecule has 2 rings (SSSR count). The maximum atomic E-state index is 11.8. The van der Waals surface area contributed by atoms with Crippen molar-refractivity contribution in [1.82, 2.24) is 10.9 Å². The summed E-state index contributed by atoms with van der Waals surface area (Å²) >= 11 is 11.9. The Kier molecular flexibility index (Phi) is 7.98. The average molecular weight is 409 g/mol. The topological polar surface area (TPSA) is 76.7 Å². The van der Waals surface area contributed by atoms with Crippen molar-refractivity contribution < 1.29 is 19.1 Å². The molecule has 0 aromatic heterocycles. The summed E-state index contributed by atoms with van der Waals surface area (Å²) in [4.78, 5) is 23.6. The second-order valence-corrected chi connectivity index (χ2v) is 6.05. The van der Waals surface area contributed by atoms with Crippen LogP contribution in [0.1, 0.15) is 12.5 Å². The quantitative estimate of drug-likeness (QED) is 0.541. The maximum Gasteiger partial charge on any atom is 0.276 e. The van der Waals surface area contributed by atoms with Crippen molar-refractivity contribution in [3.8, 4) is 11.5 Å². The molecule has 0 fully saturated rings. The molecule has 2 N–H and O–H groups in total. The lowest BCUT2D eigenvalue weighted by molar-refractivity contribution is -0.128. The van der Waals surface area contributed by atoms with Gasteiger partial charge in [-0.25, -0.2) is 0 Å². The second kappa shape index (κ2) is 10.4. The van der Waals surface area contributed by atoms with E-state index in [9.17, 15) is 9.59 Å². The Bertz CT molecular complexity index is 840. The third kappa shape index (κ3) is 6.84. The molecule has 142 valence electrons. The summed E-state index contributed by atoms with van der Waals surface area (Å²) in [7, 11) is 0. The fourth-order valence-electron chi connectivity index (χ4n) is 2.00. The highest BCUT2D eigenvalue weighted by Crippen LogP contribution is 2.26. The molecule has 6 nitrogen and oxygen atoms in total. The van der Waals surface area contributed by atoms with Gasteiger partial charge in [-0.15, -0.1) is 0 Å². The van der Waals surface area contributed by atoms with Gasteiger partial charge in [0.05, 0.1) is 6.61 Å². The fraction of sp³-hybridized carbons (Fsp3) is 0.158. The smallest absolute Gasteiger partial charge is 0.276 e. The first kappa shape index (κ1) is 20.6. The lowest BCUT2D eigenvalue weighted by Crippen LogP contribution is -2.43. The summed E-state index contributed by atoms with van der Waals surface area (Å²) in [6, 6.07) is 11.9. The standard InChI is InChI=1S/C19H18Cl2N2O4/c1-2-26-16-5-3-4-6-17(16)27-12-19(25)23-22-18(24)10-7-13-11-14(20)8-9-15(13)21/h3-11H,2,12H2,1H3,(H,22,24)(H,23,25)/b10-7+. The van der Waals surface area contributed by atoms with E-state index in [4.69, 9.17) is 32.7 Å². The Hall–Kier alpha value is -2.70. The van der Waals surface area contributed by atoms with E-state index in [1.54, 1.807) is 42.5 Å². The van der Waals surface area contributed by atoms with E-state index in [2.05, 4.69) is 10.9 Å². The highest BCUT2D eigenvalue weighted by atomic mass is 35.5. The van der Waals surface area contributed by atoms with Crippen LogP contribution in [-0.2, 0) is 9.59 Å². The summed E-state index contributed by atoms with van der Waals surface area (Å²) in [5.41, 5.74) is 5.09. The molecule has 0 spiro atoms. The predicted molar refractivity (Wildman–Crippen MR) is 105 cm³/mol. The minimum absolute atomic E-state index is 0.284. The molecule has 0 aliphatic rings. The van der Waals surface area contributed by atoms with Crippen molar-refractivity contribution in [2.75, 3.05) is 13.2 Å². The molecule has 0 aliphatic carbocycles. The molecule has 2 aromatic rings. The summed E-state index contributed by atoms with van der Waals surface area (Å²) in [5, 5.41) is 0.950. The Labute approximate surface area is 167 Å². The van der Waals surface area contributed by atoms with Gasteiger partial charge in [0.15, 0.2) is 18.1 Å². The number of ether oxygens (including phenoxy) is 2. The maximum absolute atomic E-state index is 11.8. The molecule has 27 heavy (non-hydrogen) atoms. The molecular weight excluding hydrogens is 391 g/mol. The molecule has 8 heteroatoms. The molecule has 2 amide bonds. The van der Waals surface area contributed by atoms with Crippen molar-refractivity contribution >= 4 is 41.1 Å². The Morgan fingerprint density at radius 1 is 1.04 bits per heavy atom. The van der Waals surface area contributed by atoms with Crippen LogP contribution in [0, 0.1) is 0 Å². The number of hydrazine groups is 1. The number of para-hydroxylation sites is 2. The van der Waals surface area contributed by atoms with Crippen molar-refractivity contribution in [1.29, 1.82) is 0 Å². The summed E-state index contributed by atoms with van der Waals surface area (Å²) < 4.78 is 10.8. The van der Waals surface area contributed by atoms with E-state index < -0.39 is 11.8 Å². The first-order valence-corrected chi connectivity index (χ1v) is 8.81. The minimum atomic E-state index is -0.533. The lowest BCUT2D eigenvalue weighted by atomic mass is 10.2. The van der Waals surface area contributed by atoms with E-state index in [1.165, 1.54) is 12.2 Å². The van der Waals surface area contributed by atoms with Crippen molar-refractivity contribution in [2.24, 2.45) is 0 Å². The van der Waals surface area contributed by atoms with E-state index in [0.717, 1.165) is 0 Å². The monoisotopic (exact) mass is 408 g/mol. The largest absolute Gasteiger partial charge is 0.490 e. The van der Waals surface area contributed by atoms with Crippen LogP contribution in [0.4, 0.5) is 0 Å². The number of nitrogens with one attached hydrogen (secondary N) is 2. The number of hydrogen-bond acceptors (Lipinski definition) is 4. The van der Waals surface area contributed by atoms with Crippen molar-refractivity contribution in [2.45, 2.75) is 6.92 Å². The normalized spacial score (nSPS) is 10.5. The van der Waals surface area contributed by atoms with Gasteiger partial charge in [0.2, 0.25) is 0 Å². The van der Waals surface area contributed by atoms with E-state index in [1.807, 2.05) is 6.92 Å². The summed E-state index contributed by atoms with van der Waals surface area (Å²) in [5.74, 6) is -0.0764. The van der Waals surface area contributed by atoms with Crippen LogP contribution in [0.5, 0.6) is 11.5 Å².